The molecule has 0 aliphatic carbocycles. The van der Waals surface area contributed by atoms with E-state index in [-0.39, 0.29) is 18.4 Å². The van der Waals surface area contributed by atoms with E-state index >= 15 is 0 Å². The first kappa shape index (κ1) is 20.4. The molecule has 0 radical (unpaired) electrons. The smallest absolute Gasteiger partial charge is 0.243 e. The predicted molar refractivity (Wildman–Crippen MR) is 96.2 cm³/mol. The molecule has 1 heterocycles. The monoisotopic (exact) mass is 361 g/mol. The van der Waals surface area contributed by atoms with Crippen molar-refractivity contribution in [3.8, 4) is 0 Å². The summed E-state index contributed by atoms with van der Waals surface area (Å²) in [6.45, 7) is 3.93. The van der Waals surface area contributed by atoms with E-state index < -0.39 is 10.0 Å². The zero-order valence-corrected chi connectivity index (χ0v) is 15.7. The summed E-state index contributed by atoms with van der Waals surface area (Å²) in [5.74, 6) is 0.425. The molecular formula is C16H28ClN3O2S. The molecule has 1 aliphatic rings. The third-order valence-corrected chi connectivity index (χ3v) is 6.21. The molecule has 2 rings (SSSR count). The highest BCUT2D eigenvalue weighted by Crippen LogP contribution is 2.25. The molecule has 1 aromatic carbocycles. The molecule has 0 spiro atoms. The fourth-order valence-electron chi connectivity index (χ4n) is 2.92. The normalized spacial score (nSPS) is 18.7. The Morgan fingerprint density at radius 3 is 2.17 bits per heavy atom. The molecule has 1 atom stereocenters. The van der Waals surface area contributed by atoms with Crippen molar-refractivity contribution in [2.24, 2.45) is 11.7 Å². The van der Waals surface area contributed by atoms with Crippen LogP contribution in [0, 0.1) is 5.92 Å². The lowest BCUT2D eigenvalue weighted by atomic mass is 9.92. The zero-order chi connectivity index (χ0) is 16.3. The first-order chi connectivity index (χ1) is 10.3. The summed E-state index contributed by atoms with van der Waals surface area (Å²) in [5.41, 5.74) is 7.03. The second-order valence-electron chi connectivity index (χ2n) is 6.48. The van der Waals surface area contributed by atoms with Crippen LogP contribution in [0.2, 0.25) is 0 Å². The maximum atomic E-state index is 12.7. The second kappa shape index (κ2) is 8.44. The minimum atomic E-state index is -3.38. The highest BCUT2D eigenvalue weighted by molar-refractivity contribution is 7.89. The third kappa shape index (κ3) is 5.16. The maximum Gasteiger partial charge on any atom is 0.243 e. The third-order valence-electron chi connectivity index (χ3n) is 4.30. The van der Waals surface area contributed by atoms with Gasteiger partial charge in [0.25, 0.3) is 0 Å². The quantitative estimate of drug-likeness (QED) is 0.870. The summed E-state index contributed by atoms with van der Waals surface area (Å²) in [6.07, 6.45) is 1.69. The average Bonchev–Trinajstić information content (AvgIpc) is 2.47. The van der Waals surface area contributed by atoms with Gasteiger partial charge in [-0.15, -0.1) is 12.4 Å². The molecule has 1 unspecified atom stereocenters. The summed E-state index contributed by atoms with van der Waals surface area (Å²) < 4.78 is 27.0. The highest BCUT2D eigenvalue weighted by atomic mass is 35.5. The van der Waals surface area contributed by atoms with Crippen molar-refractivity contribution in [1.29, 1.82) is 0 Å². The fraction of sp³-hybridized carbons (Fsp3) is 0.625. The Balaban J connectivity index is 0.00000264. The van der Waals surface area contributed by atoms with E-state index in [0.29, 0.717) is 23.9 Å². The van der Waals surface area contributed by atoms with Gasteiger partial charge in [-0.05, 0) is 57.5 Å². The molecule has 0 bridgehead atoms. The van der Waals surface area contributed by atoms with E-state index in [4.69, 9.17) is 5.73 Å². The fourth-order valence-corrected chi connectivity index (χ4v) is 4.39. The van der Waals surface area contributed by atoms with E-state index in [2.05, 4.69) is 4.90 Å². The first-order valence-corrected chi connectivity index (χ1v) is 9.24. The van der Waals surface area contributed by atoms with Crippen molar-refractivity contribution in [1.82, 2.24) is 9.21 Å². The molecule has 0 amide bonds. The molecule has 5 nitrogen and oxygen atoms in total. The molecule has 0 saturated carbocycles. The Morgan fingerprint density at radius 1 is 1.22 bits per heavy atom. The van der Waals surface area contributed by atoms with E-state index in [1.807, 2.05) is 33.2 Å². The van der Waals surface area contributed by atoms with Gasteiger partial charge in [0.15, 0.2) is 0 Å². The largest absolute Gasteiger partial charge is 0.328 e. The van der Waals surface area contributed by atoms with E-state index in [1.165, 1.54) is 0 Å². The van der Waals surface area contributed by atoms with Gasteiger partial charge >= 0.3 is 0 Å². The summed E-state index contributed by atoms with van der Waals surface area (Å²) in [4.78, 5) is 2.44. The minimum absolute atomic E-state index is 0. The predicted octanol–water partition coefficient (Wildman–Crippen LogP) is 1.92. The van der Waals surface area contributed by atoms with Gasteiger partial charge in [-0.25, -0.2) is 8.42 Å². The van der Waals surface area contributed by atoms with Crippen molar-refractivity contribution in [2.75, 3.05) is 27.2 Å². The van der Waals surface area contributed by atoms with Crippen LogP contribution in [0.25, 0.3) is 0 Å². The number of nitrogens with zero attached hydrogens (tertiary/aromatic N) is 2. The topological polar surface area (TPSA) is 66.6 Å². The van der Waals surface area contributed by atoms with Crippen molar-refractivity contribution < 1.29 is 8.42 Å². The number of benzene rings is 1. The molecule has 132 valence electrons. The molecule has 7 heteroatoms. The molecule has 1 fully saturated rings. The first-order valence-electron chi connectivity index (χ1n) is 7.80. The van der Waals surface area contributed by atoms with Crippen LogP contribution in [0.4, 0.5) is 0 Å². The maximum absolute atomic E-state index is 12.7. The summed E-state index contributed by atoms with van der Waals surface area (Å²) in [7, 11) is 0.609. The molecule has 23 heavy (non-hydrogen) atoms. The molecule has 1 saturated heterocycles. The molecule has 2 N–H and O–H groups in total. The van der Waals surface area contributed by atoms with E-state index in [9.17, 15) is 8.42 Å². The Labute approximate surface area is 146 Å². The summed E-state index contributed by atoms with van der Waals surface area (Å²) in [6, 6.07) is 7.34. The number of halogens is 1. The molecule has 0 aromatic heterocycles. The zero-order valence-electron chi connectivity index (χ0n) is 14.1. The number of rotatable bonds is 5. The Morgan fingerprint density at radius 2 is 1.74 bits per heavy atom. The van der Waals surface area contributed by atoms with Crippen LogP contribution in [0.3, 0.4) is 0 Å². The standard InChI is InChI=1S/C16H27N3O2S.ClH/c1-13(17)15-8-10-19(11-9-15)22(20,21)16-6-4-14(5-7-16)12-18(2)3;/h4-7,13,15H,8-12,17H2,1-3H3;1H. The van der Waals surface area contributed by atoms with Crippen LogP contribution >= 0.6 is 12.4 Å². The number of piperidine rings is 1. The van der Waals surface area contributed by atoms with Crippen LogP contribution in [0.1, 0.15) is 25.3 Å². The van der Waals surface area contributed by atoms with E-state index in [0.717, 1.165) is 24.9 Å². The second-order valence-corrected chi connectivity index (χ2v) is 8.42. The van der Waals surface area contributed by atoms with Gasteiger partial charge in [0.05, 0.1) is 4.90 Å². The van der Waals surface area contributed by atoms with Crippen molar-refractivity contribution in [2.45, 2.75) is 37.2 Å². The van der Waals surface area contributed by atoms with Crippen LogP contribution in [0.15, 0.2) is 29.2 Å². The lowest BCUT2D eigenvalue weighted by molar-refractivity contribution is 0.250. The van der Waals surface area contributed by atoms with Crippen LogP contribution in [0.5, 0.6) is 0 Å². The molecule has 1 aromatic rings. The van der Waals surface area contributed by atoms with Gasteiger partial charge < -0.3 is 10.6 Å². The SMILES string of the molecule is CC(N)C1CCN(S(=O)(=O)c2ccc(CN(C)C)cc2)CC1.Cl. The Hall–Kier alpha value is -0.660. The molecule has 1 aliphatic heterocycles. The van der Waals surface area contributed by atoms with Crippen LogP contribution < -0.4 is 5.73 Å². The van der Waals surface area contributed by atoms with Gasteiger partial charge in [0.2, 0.25) is 10.0 Å². The number of hydrogen-bond donors (Lipinski definition) is 1. The lowest BCUT2D eigenvalue weighted by Gasteiger charge is -2.32. The van der Waals surface area contributed by atoms with Gasteiger partial charge in [-0.3, -0.25) is 0 Å². The highest BCUT2D eigenvalue weighted by Gasteiger charge is 2.30. The van der Waals surface area contributed by atoms with Crippen molar-refractivity contribution in [3.05, 3.63) is 29.8 Å². The number of hydrogen-bond acceptors (Lipinski definition) is 4. The average molecular weight is 362 g/mol. The van der Waals surface area contributed by atoms with Crippen molar-refractivity contribution >= 4 is 22.4 Å². The number of sulfonamides is 1. The van der Waals surface area contributed by atoms with Gasteiger partial charge in [-0.2, -0.15) is 4.31 Å². The molecular weight excluding hydrogens is 334 g/mol. The van der Waals surface area contributed by atoms with Gasteiger partial charge in [-0.1, -0.05) is 12.1 Å². The Kier molecular flexibility index (Phi) is 7.48. The van der Waals surface area contributed by atoms with Crippen LogP contribution in [-0.2, 0) is 16.6 Å². The lowest BCUT2D eigenvalue weighted by Crippen LogP contribution is -2.42. The van der Waals surface area contributed by atoms with Crippen molar-refractivity contribution in [3.63, 3.8) is 0 Å². The summed E-state index contributed by atoms with van der Waals surface area (Å²) >= 11 is 0. The van der Waals surface area contributed by atoms with Crippen LogP contribution in [-0.4, -0.2) is 50.8 Å². The minimum Gasteiger partial charge on any atom is -0.328 e. The summed E-state index contributed by atoms with van der Waals surface area (Å²) in [5, 5.41) is 0. The van der Waals surface area contributed by atoms with E-state index in [1.54, 1.807) is 16.4 Å². The number of nitrogens with two attached hydrogens (primary N) is 1. The van der Waals surface area contributed by atoms with Gasteiger partial charge in [0, 0.05) is 25.7 Å². The Bertz CT molecular complexity index is 580. The van der Waals surface area contributed by atoms with Gasteiger partial charge in [0.1, 0.15) is 0 Å².